The molecule has 1 amide bonds. The van der Waals surface area contributed by atoms with E-state index in [1.54, 1.807) is 25.1 Å². The number of anilines is 1. The molecule has 13 heteroatoms. The van der Waals surface area contributed by atoms with Gasteiger partial charge in [0.2, 0.25) is 11.7 Å². The lowest BCUT2D eigenvalue weighted by Crippen LogP contribution is -2.13. The number of hydrogen-bond donors (Lipinski definition) is 1. The van der Waals surface area contributed by atoms with Crippen molar-refractivity contribution in [3.05, 3.63) is 70.9 Å². The molecule has 1 aliphatic carbocycles. The number of amides is 1. The third-order valence-electron chi connectivity index (χ3n) is 6.85. The highest BCUT2D eigenvalue weighted by molar-refractivity contribution is 6.09. The van der Waals surface area contributed by atoms with Gasteiger partial charge in [0, 0.05) is 28.1 Å². The monoisotopic (exact) mass is 539 g/mol. The lowest BCUT2D eigenvalue weighted by atomic mass is 10.0. The number of fused-ring (bicyclic) bond motifs is 1. The number of carbonyl (C=O) groups is 1. The van der Waals surface area contributed by atoms with Crippen LogP contribution in [-0.4, -0.2) is 41.6 Å². The van der Waals surface area contributed by atoms with Gasteiger partial charge in [-0.2, -0.15) is 24.0 Å². The molecule has 0 bridgehead atoms. The van der Waals surface area contributed by atoms with Gasteiger partial charge in [-0.25, -0.2) is 18.0 Å². The van der Waals surface area contributed by atoms with Crippen LogP contribution in [0.1, 0.15) is 52.1 Å². The first-order valence-corrected chi connectivity index (χ1v) is 12.0. The maximum absolute atomic E-state index is 15.0. The summed E-state index contributed by atoms with van der Waals surface area (Å²) in [6.45, 7) is 1.86. The Morgan fingerprint density at radius 1 is 1.21 bits per heavy atom. The van der Waals surface area contributed by atoms with Crippen molar-refractivity contribution in [1.29, 1.82) is 0 Å². The zero-order valence-corrected chi connectivity index (χ0v) is 20.9. The Bertz CT molecular complexity index is 1760. The molecule has 1 saturated carbocycles. The highest BCUT2D eigenvalue weighted by Gasteiger charge is 2.43. The minimum Gasteiger partial charge on any atom is -0.339 e. The van der Waals surface area contributed by atoms with Crippen LogP contribution in [0.15, 0.2) is 41.2 Å². The van der Waals surface area contributed by atoms with Crippen LogP contribution in [0.2, 0.25) is 0 Å². The second-order valence-electron chi connectivity index (χ2n) is 9.49. The molecule has 4 heterocycles. The first kappa shape index (κ1) is 24.8. The van der Waals surface area contributed by atoms with Gasteiger partial charge in [-0.3, -0.25) is 4.79 Å². The molecular formula is C26H21F4N7O2. The topological polar surface area (TPSA) is 103 Å². The van der Waals surface area contributed by atoms with E-state index in [0.717, 1.165) is 11.8 Å². The summed E-state index contributed by atoms with van der Waals surface area (Å²) < 4.78 is 62.0. The second-order valence-corrected chi connectivity index (χ2v) is 9.49. The molecule has 200 valence electrons. The average Bonchev–Trinajstić information content (AvgIpc) is 3.23. The van der Waals surface area contributed by atoms with Crippen LogP contribution in [0.5, 0.6) is 0 Å². The van der Waals surface area contributed by atoms with Gasteiger partial charge in [-0.15, -0.1) is 0 Å². The summed E-state index contributed by atoms with van der Waals surface area (Å²) in [6, 6.07) is 6.59. The summed E-state index contributed by atoms with van der Waals surface area (Å²) in [4.78, 5) is 17.6. The molecule has 0 radical (unpaired) electrons. The maximum Gasteiger partial charge on any atom is 0.333 e. The van der Waals surface area contributed by atoms with Gasteiger partial charge >= 0.3 is 6.55 Å². The van der Waals surface area contributed by atoms with Crippen molar-refractivity contribution in [2.45, 2.75) is 45.8 Å². The van der Waals surface area contributed by atoms with E-state index in [1.165, 1.54) is 30.6 Å². The fourth-order valence-electron chi connectivity index (χ4n) is 4.62. The predicted octanol–water partition coefficient (Wildman–Crippen LogP) is 5.78. The molecule has 39 heavy (non-hydrogen) atoms. The normalized spacial score (nSPS) is 16.8. The zero-order valence-electron chi connectivity index (χ0n) is 20.9. The highest BCUT2D eigenvalue weighted by atomic mass is 19.3. The first-order valence-electron chi connectivity index (χ1n) is 12.0. The van der Waals surface area contributed by atoms with Crippen LogP contribution in [0.3, 0.4) is 0 Å². The molecule has 2 atom stereocenters. The van der Waals surface area contributed by atoms with Crippen molar-refractivity contribution >= 4 is 17.1 Å². The van der Waals surface area contributed by atoms with Crippen molar-refractivity contribution in [3.8, 4) is 22.5 Å². The van der Waals surface area contributed by atoms with Crippen LogP contribution in [0, 0.1) is 26.6 Å². The van der Waals surface area contributed by atoms with Crippen LogP contribution in [0.4, 0.5) is 23.2 Å². The molecular weight excluding hydrogens is 518 g/mol. The van der Waals surface area contributed by atoms with Crippen molar-refractivity contribution < 1.29 is 26.9 Å². The van der Waals surface area contributed by atoms with Gasteiger partial charge in [0.1, 0.15) is 12.0 Å². The molecule has 0 unspecified atom stereocenters. The van der Waals surface area contributed by atoms with Crippen LogP contribution in [0.25, 0.3) is 28.0 Å². The zero-order chi connectivity index (χ0) is 27.6. The molecule has 1 aliphatic rings. The van der Waals surface area contributed by atoms with E-state index in [2.05, 4.69) is 25.7 Å². The minimum atomic E-state index is -2.88. The number of aromatic nitrogens is 6. The Labute approximate surface area is 218 Å². The van der Waals surface area contributed by atoms with Crippen LogP contribution < -0.4 is 5.32 Å². The van der Waals surface area contributed by atoms with Crippen molar-refractivity contribution in [3.63, 3.8) is 0 Å². The lowest BCUT2D eigenvalue weighted by Gasteiger charge is -2.10. The largest absolute Gasteiger partial charge is 0.339 e. The second kappa shape index (κ2) is 9.03. The summed E-state index contributed by atoms with van der Waals surface area (Å²) in [5.41, 5.74) is 2.75. The Morgan fingerprint density at radius 3 is 2.67 bits per heavy atom. The number of benzene rings is 1. The summed E-state index contributed by atoms with van der Waals surface area (Å²) >= 11 is 0. The fourth-order valence-corrected chi connectivity index (χ4v) is 4.62. The quantitative estimate of drug-likeness (QED) is 0.274. The van der Waals surface area contributed by atoms with E-state index in [0.29, 0.717) is 22.4 Å². The van der Waals surface area contributed by atoms with Crippen molar-refractivity contribution in [2.75, 3.05) is 5.32 Å². The summed E-state index contributed by atoms with van der Waals surface area (Å²) in [6.07, 6.45) is 1.76. The Hall–Kier alpha value is -4.55. The van der Waals surface area contributed by atoms with Gasteiger partial charge in [0.05, 0.1) is 35.1 Å². The molecule has 0 aliphatic heterocycles. The molecule has 4 aromatic heterocycles. The molecule has 9 nitrogen and oxygen atoms in total. The number of hydrogen-bond acceptors (Lipinski definition) is 6. The van der Waals surface area contributed by atoms with E-state index in [-0.39, 0.29) is 51.2 Å². The highest BCUT2D eigenvalue weighted by Crippen LogP contribution is 2.43. The van der Waals surface area contributed by atoms with E-state index in [9.17, 15) is 18.0 Å². The number of halogens is 4. The molecule has 0 saturated heterocycles. The standard InChI is InChI=1S/C26H21F4N7O2/c1-11-4-5-14(23-33-25(39-35-23)16-7-18(16)27)6-20(11)32-24(38)17-9-31-36-10-19(28)15(8-21(17)36)22-12(2)34-37(13(22)3)26(29)30/h4-6,8-10,16,18,26H,7H2,1-3H3,(H,32,38)/t16-,18-/m0/s1. The van der Waals surface area contributed by atoms with Crippen LogP contribution in [-0.2, 0) is 0 Å². The summed E-state index contributed by atoms with van der Waals surface area (Å²) in [5.74, 6) is -1.09. The van der Waals surface area contributed by atoms with E-state index in [1.807, 2.05) is 0 Å². The third kappa shape index (κ3) is 4.23. The third-order valence-corrected chi connectivity index (χ3v) is 6.85. The van der Waals surface area contributed by atoms with E-state index in [4.69, 9.17) is 4.52 Å². The van der Waals surface area contributed by atoms with Crippen LogP contribution >= 0.6 is 0 Å². The molecule has 5 aromatic rings. The van der Waals surface area contributed by atoms with Gasteiger partial charge < -0.3 is 9.84 Å². The van der Waals surface area contributed by atoms with Gasteiger partial charge in [-0.1, -0.05) is 17.3 Å². The molecule has 1 N–H and O–H groups in total. The van der Waals surface area contributed by atoms with Gasteiger partial charge in [0.25, 0.3) is 5.91 Å². The number of aryl methyl sites for hydroxylation is 2. The van der Waals surface area contributed by atoms with Crippen molar-refractivity contribution in [1.82, 2.24) is 29.5 Å². The van der Waals surface area contributed by atoms with Gasteiger partial charge in [-0.05, 0) is 44.9 Å². The minimum absolute atomic E-state index is 0.0243. The number of rotatable bonds is 6. The molecule has 1 aromatic carbocycles. The molecule has 6 rings (SSSR count). The fraction of sp³-hybridized carbons (Fsp3) is 0.269. The Kier molecular flexibility index (Phi) is 5.74. The molecule has 1 fully saturated rings. The SMILES string of the molecule is Cc1ccc(-c2noc([C@H]3C[C@@H]3F)n2)cc1NC(=O)c1cnn2cc(F)c(-c3c(C)nn(C(F)F)c3C)cc12. The summed E-state index contributed by atoms with van der Waals surface area (Å²) in [5, 5.41) is 14.7. The average molecular weight is 539 g/mol. The molecule has 0 spiro atoms. The number of alkyl halides is 3. The van der Waals surface area contributed by atoms with Crippen molar-refractivity contribution in [2.24, 2.45) is 0 Å². The Morgan fingerprint density at radius 2 is 1.97 bits per heavy atom. The van der Waals surface area contributed by atoms with E-state index < -0.39 is 24.4 Å². The smallest absolute Gasteiger partial charge is 0.333 e. The predicted molar refractivity (Wildman–Crippen MR) is 132 cm³/mol. The van der Waals surface area contributed by atoms with Gasteiger partial charge in [0.15, 0.2) is 0 Å². The van der Waals surface area contributed by atoms with E-state index >= 15 is 4.39 Å². The number of nitrogens with one attached hydrogen (secondary N) is 1. The lowest BCUT2D eigenvalue weighted by molar-refractivity contribution is 0.0542. The first-order chi connectivity index (χ1) is 18.6. The summed E-state index contributed by atoms with van der Waals surface area (Å²) in [7, 11) is 0. The maximum atomic E-state index is 15.0. The number of nitrogens with zero attached hydrogens (tertiary/aromatic N) is 6. The number of pyridine rings is 1. The Balaban J connectivity index is 1.33. The number of carbonyl (C=O) groups excluding carboxylic acids is 1.